The lowest BCUT2D eigenvalue weighted by molar-refractivity contribution is -0.119. The van der Waals surface area contributed by atoms with Crippen molar-refractivity contribution in [1.29, 1.82) is 5.26 Å². The molecular formula is C22H19ClN4O3. The smallest absolute Gasteiger partial charge is 0.338 e. The molecule has 1 heterocycles. The van der Waals surface area contributed by atoms with Crippen LogP contribution in [-0.4, -0.2) is 23.1 Å². The molecule has 0 saturated carbocycles. The van der Waals surface area contributed by atoms with Crippen molar-refractivity contribution in [2.24, 2.45) is 0 Å². The van der Waals surface area contributed by atoms with Gasteiger partial charge in [-0.05, 0) is 49.7 Å². The molecule has 0 spiro atoms. The molecule has 3 aromatic rings. The summed E-state index contributed by atoms with van der Waals surface area (Å²) in [6, 6.07) is 15.8. The summed E-state index contributed by atoms with van der Waals surface area (Å²) in [5.41, 5.74) is 8.82. The van der Waals surface area contributed by atoms with Gasteiger partial charge in [0.2, 0.25) is 0 Å². The van der Waals surface area contributed by atoms with E-state index in [0.29, 0.717) is 16.4 Å². The Hall–Kier alpha value is -3.76. The molecule has 2 aromatic carbocycles. The summed E-state index contributed by atoms with van der Waals surface area (Å²) >= 11 is 5.84. The number of aromatic nitrogens is 1. The van der Waals surface area contributed by atoms with Gasteiger partial charge in [-0.2, -0.15) is 5.26 Å². The number of nitrogen functional groups attached to an aromatic ring is 1. The number of para-hydroxylation sites is 1. The van der Waals surface area contributed by atoms with Crippen molar-refractivity contribution < 1.29 is 14.3 Å². The molecule has 0 aliphatic heterocycles. The van der Waals surface area contributed by atoms with Gasteiger partial charge < -0.3 is 15.8 Å². The minimum absolute atomic E-state index is 0.182. The lowest BCUT2D eigenvalue weighted by Gasteiger charge is -2.13. The zero-order valence-electron chi connectivity index (χ0n) is 16.4. The first-order valence-electron chi connectivity index (χ1n) is 9.03. The fourth-order valence-corrected chi connectivity index (χ4v) is 3.13. The van der Waals surface area contributed by atoms with Gasteiger partial charge in [-0.3, -0.25) is 9.36 Å². The van der Waals surface area contributed by atoms with Gasteiger partial charge in [0.05, 0.1) is 21.8 Å². The topological polar surface area (TPSA) is 110 Å². The van der Waals surface area contributed by atoms with Crippen molar-refractivity contribution in [1.82, 2.24) is 4.57 Å². The van der Waals surface area contributed by atoms with Crippen molar-refractivity contribution in [3.05, 3.63) is 75.9 Å². The Morgan fingerprint density at radius 2 is 1.90 bits per heavy atom. The molecule has 3 N–H and O–H groups in total. The van der Waals surface area contributed by atoms with Crippen LogP contribution in [0.1, 0.15) is 27.2 Å². The highest BCUT2D eigenvalue weighted by atomic mass is 35.5. The third-order valence-corrected chi connectivity index (χ3v) is 5.01. The van der Waals surface area contributed by atoms with Gasteiger partial charge in [-0.15, -0.1) is 0 Å². The summed E-state index contributed by atoms with van der Waals surface area (Å²) < 4.78 is 6.86. The Balaban J connectivity index is 1.80. The van der Waals surface area contributed by atoms with E-state index >= 15 is 0 Å². The van der Waals surface area contributed by atoms with Crippen molar-refractivity contribution in [2.45, 2.75) is 13.8 Å². The first-order chi connectivity index (χ1) is 14.3. The molecule has 7 nitrogen and oxygen atoms in total. The van der Waals surface area contributed by atoms with E-state index in [9.17, 15) is 14.9 Å². The largest absolute Gasteiger partial charge is 0.452 e. The number of rotatable bonds is 5. The van der Waals surface area contributed by atoms with Crippen LogP contribution in [-0.2, 0) is 9.53 Å². The van der Waals surface area contributed by atoms with Crippen molar-refractivity contribution in [3.8, 4) is 11.8 Å². The third kappa shape index (κ3) is 4.14. The van der Waals surface area contributed by atoms with Crippen LogP contribution < -0.4 is 11.1 Å². The fraction of sp³-hybridized carbons (Fsp3) is 0.136. The molecule has 0 atom stereocenters. The highest BCUT2D eigenvalue weighted by molar-refractivity contribution is 6.33. The van der Waals surface area contributed by atoms with E-state index in [1.807, 2.05) is 44.2 Å². The number of carbonyl (C=O) groups excluding carboxylic acids is 2. The van der Waals surface area contributed by atoms with E-state index in [-0.39, 0.29) is 11.3 Å². The highest BCUT2D eigenvalue weighted by Gasteiger charge is 2.21. The number of nitrogens with two attached hydrogens (primary N) is 1. The van der Waals surface area contributed by atoms with Crippen LogP contribution in [0, 0.1) is 25.2 Å². The van der Waals surface area contributed by atoms with Gasteiger partial charge >= 0.3 is 5.97 Å². The monoisotopic (exact) mass is 422 g/mol. The fourth-order valence-electron chi connectivity index (χ4n) is 3.01. The molecule has 8 heteroatoms. The Kier molecular flexibility index (Phi) is 6.09. The number of esters is 1. The summed E-state index contributed by atoms with van der Waals surface area (Å²) in [6.07, 6.45) is 0. The number of amides is 1. The minimum Gasteiger partial charge on any atom is -0.452 e. The zero-order valence-corrected chi connectivity index (χ0v) is 17.2. The van der Waals surface area contributed by atoms with Crippen LogP contribution in [0.2, 0.25) is 5.02 Å². The summed E-state index contributed by atoms with van der Waals surface area (Å²) in [4.78, 5) is 24.7. The Labute approximate surface area is 178 Å². The summed E-state index contributed by atoms with van der Waals surface area (Å²) in [7, 11) is 0. The molecule has 0 radical (unpaired) electrons. The van der Waals surface area contributed by atoms with Crippen LogP contribution in [0.25, 0.3) is 5.69 Å². The number of hydrogen-bond acceptors (Lipinski definition) is 5. The first-order valence-corrected chi connectivity index (χ1v) is 9.40. The lowest BCUT2D eigenvalue weighted by Crippen LogP contribution is -2.23. The van der Waals surface area contributed by atoms with Crippen LogP contribution >= 0.6 is 11.6 Å². The molecule has 0 fully saturated rings. The van der Waals surface area contributed by atoms with Gasteiger partial charge in [-0.25, -0.2) is 4.79 Å². The number of carbonyl (C=O) groups is 2. The molecule has 30 heavy (non-hydrogen) atoms. The van der Waals surface area contributed by atoms with Crippen LogP contribution in [0.15, 0.2) is 48.5 Å². The lowest BCUT2D eigenvalue weighted by atomic mass is 10.2. The van der Waals surface area contributed by atoms with E-state index < -0.39 is 18.5 Å². The maximum atomic E-state index is 12.5. The number of hydrogen-bond donors (Lipinski definition) is 2. The van der Waals surface area contributed by atoms with Gasteiger partial charge in [-0.1, -0.05) is 29.8 Å². The van der Waals surface area contributed by atoms with E-state index in [4.69, 9.17) is 22.1 Å². The zero-order chi connectivity index (χ0) is 21.8. The standard InChI is InChI=1S/C22H19ClN4O3/c1-13-14(2)27(16-6-4-3-5-7-16)21(17(13)11-24)26-20(28)12-30-22(29)15-8-9-18(23)19(25)10-15/h3-10H,12,25H2,1-2H3,(H,26,28). The van der Waals surface area contributed by atoms with Gasteiger partial charge in [0.15, 0.2) is 6.61 Å². The molecule has 0 aliphatic rings. The Morgan fingerprint density at radius 3 is 2.53 bits per heavy atom. The molecule has 0 aliphatic carbocycles. The average Bonchev–Trinajstić information content (AvgIpc) is 2.98. The number of nitrogens with zero attached hydrogens (tertiary/aromatic N) is 2. The quantitative estimate of drug-likeness (QED) is 0.477. The average molecular weight is 423 g/mol. The minimum atomic E-state index is -0.708. The van der Waals surface area contributed by atoms with E-state index in [1.165, 1.54) is 18.2 Å². The molecule has 152 valence electrons. The van der Waals surface area contributed by atoms with Crippen LogP contribution in [0.5, 0.6) is 0 Å². The summed E-state index contributed by atoms with van der Waals surface area (Å²) in [6.45, 7) is 3.15. The Bertz CT molecular complexity index is 1160. The van der Waals surface area contributed by atoms with Crippen molar-refractivity contribution in [3.63, 3.8) is 0 Å². The normalized spacial score (nSPS) is 10.3. The predicted octanol–water partition coefficient (Wildman–Crippen LogP) is 4.00. The molecule has 0 unspecified atom stereocenters. The number of nitriles is 1. The predicted molar refractivity (Wildman–Crippen MR) is 115 cm³/mol. The van der Waals surface area contributed by atoms with E-state index in [2.05, 4.69) is 11.4 Å². The number of benzene rings is 2. The maximum absolute atomic E-state index is 12.5. The number of ether oxygens (including phenoxy) is 1. The molecule has 1 amide bonds. The number of halogens is 1. The maximum Gasteiger partial charge on any atom is 0.338 e. The van der Waals surface area contributed by atoms with Crippen LogP contribution in [0.3, 0.4) is 0 Å². The molecule has 0 saturated heterocycles. The van der Waals surface area contributed by atoms with Crippen molar-refractivity contribution in [2.75, 3.05) is 17.7 Å². The molecule has 3 rings (SSSR count). The number of anilines is 2. The SMILES string of the molecule is Cc1c(C#N)c(NC(=O)COC(=O)c2ccc(Cl)c(N)c2)n(-c2ccccc2)c1C. The second kappa shape index (κ2) is 8.72. The second-order valence-electron chi connectivity index (χ2n) is 6.58. The second-order valence-corrected chi connectivity index (χ2v) is 6.98. The first kappa shape index (κ1) is 21.0. The molecular weight excluding hydrogens is 404 g/mol. The van der Waals surface area contributed by atoms with Crippen molar-refractivity contribution >= 4 is 35.0 Å². The van der Waals surface area contributed by atoms with E-state index in [1.54, 1.807) is 4.57 Å². The third-order valence-electron chi connectivity index (χ3n) is 4.66. The van der Waals surface area contributed by atoms with Crippen LogP contribution in [0.4, 0.5) is 11.5 Å². The van der Waals surface area contributed by atoms with E-state index in [0.717, 1.165) is 16.9 Å². The summed E-state index contributed by atoms with van der Waals surface area (Å²) in [5.74, 6) is -0.952. The summed E-state index contributed by atoms with van der Waals surface area (Å²) in [5, 5.41) is 12.6. The van der Waals surface area contributed by atoms with Gasteiger partial charge in [0, 0.05) is 11.4 Å². The van der Waals surface area contributed by atoms with Gasteiger partial charge in [0.1, 0.15) is 11.9 Å². The highest BCUT2D eigenvalue weighted by Crippen LogP contribution is 2.29. The molecule has 0 bridgehead atoms. The Morgan fingerprint density at radius 1 is 1.20 bits per heavy atom. The number of nitrogens with one attached hydrogen (secondary N) is 1. The van der Waals surface area contributed by atoms with Gasteiger partial charge in [0.25, 0.3) is 5.91 Å². The molecule has 1 aromatic heterocycles.